The number of hydrogen-bond acceptors (Lipinski definition) is 5. The van der Waals surface area contributed by atoms with E-state index in [0.29, 0.717) is 6.42 Å². The lowest BCUT2D eigenvalue weighted by atomic mass is 9.89. The molecule has 170 valence electrons. The second-order valence-electron chi connectivity index (χ2n) is 8.71. The fourth-order valence-electron chi connectivity index (χ4n) is 3.68. The van der Waals surface area contributed by atoms with Crippen molar-refractivity contribution in [2.45, 2.75) is 147 Å². The van der Waals surface area contributed by atoms with Gasteiger partial charge >= 0.3 is 0 Å². The van der Waals surface area contributed by atoms with Crippen molar-refractivity contribution in [3.63, 3.8) is 0 Å². The number of nitrogens with two attached hydrogens (primary N) is 2. The van der Waals surface area contributed by atoms with Crippen LogP contribution in [0.2, 0.25) is 0 Å². The second-order valence-corrected chi connectivity index (χ2v) is 8.71. The Bertz CT molecular complexity index is 349. The molecule has 0 radical (unpaired) electrons. The molecule has 0 aromatic heterocycles. The number of rotatable bonds is 20. The summed E-state index contributed by atoms with van der Waals surface area (Å²) < 4.78 is 0. The van der Waals surface area contributed by atoms with Crippen molar-refractivity contribution in [3.8, 4) is 0 Å². The van der Waals surface area contributed by atoms with Gasteiger partial charge in [-0.2, -0.15) is 0 Å². The highest BCUT2D eigenvalue weighted by atomic mass is 16.4. The maximum absolute atomic E-state index is 10.1. The molecule has 5 heteroatoms. The zero-order chi connectivity index (χ0) is 21.3. The molecule has 0 aliphatic carbocycles. The molecule has 0 fully saturated rings. The van der Waals surface area contributed by atoms with E-state index in [9.17, 15) is 15.3 Å². The molecule has 7 N–H and O–H groups in total. The van der Waals surface area contributed by atoms with Crippen LogP contribution in [0.1, 0.15) is 129 Å². The van der Waals surface area contributed by atoms with Crippen molar-refractivity contribution in [1.82, 2.24) is 0 Å². The summed E-state index contributed by atoms with van der Waals surface area (Å²) in [6.45, 7) is 3.89. The van der Waals surface area contributed by atoms with E-state index in [1.807, 2.05) is 0 Å². The summed E-state index contributed by atoms with van der Waals surface area (Å²) in [5.41, 5.74) is 7.08. The van der Waals surface area contributed by atoms with Crippen LogP contribution in [0.4, 0.5) is 0 Å². The Morgan fingerprint density at radius 1 is 0.607 bits per heavy atom. The first-order chi connectivity index (χ1) is 13.3. The van der Waals surface area contributed by atoms with Gasteiger partial charge in [0.05, 0.1) is 0 Å². The Balaban J connectivity index is 3.42. The van der Waals surface area contributed by atoms with Crippen molar-refractivity contribution < 1.29 is 15.3 Å². The monoisotopic (exact) mass is 402 g/mol. The largest absolute Gasteiger partial charge is 0.389 e. The van der Waals surface area contributed by atoms with Gasteiger partial charge in [-0.3, -0.25) is 11.5 Å². The quantitative estimate of drug-likeness (QED) is 0.150. The third kappa shape index (κ3) is 12.4. The third-order valence-corrected chi connectivity index (χ3v) is 6.07. The molecule has 0 aliphatic rings. The molecule has 0 aliphatic heterocycles. The lowest BCUT2D eigenvalue weighted by molar-refractivity contribution is -0.200. The van der Waals surface area contributed by atoms with Gasteiger partial charge in [-0.1, -0.05) is 117 Å². The lowest BCUT2D eigenvalue weighted by Crippen LogP contribution is -2.71. The van der Waals surface area contributed by atoms with Crippen molar-refractivity contribution >= 4 is 0 Å². The fourth-order valence-corrected chi connectivity index (χ4v) is 3.68. The molecule has 3 unspecified atom stereocenters. The van der Waals surface area contributed by atoms with Gasteiger partial charge in [0.25, 0.3) is 0 Å². The van der Waals surface area contributed by atoms with E-state index < -0.39 is 17.6 Å². The van der Waals surface area contributed by atoms with Crippen LogP contribution >= 0.6 is 0 Å². The van der Waals surface area contributed by atoms with Crippen LogP contribution in [0.3, 0.4) is 0 Å². The minimum absolute atomic E-state index is 0.0794. The molecule has 3 atom stereocenters. The zero-order valence-electron chi connectivity index (χ0n) is 18.8. The van der Waals surface area contributed by atoms with Gasteiger partial charge in [0.1, 0.15) is 6.10 Å². The van der Waals surface area contributed by atoms with E-state index in [1.54, 1.807) is 6.92 Å². The standard InChI is InChI=1S/C23H50N2O3/c1-3-5-6-7-8-9-10-11-12-13-14-15-16-17-18-19-20-21(26)23(25,28)22(24,27)4-2/h21,26-28H,3-20,24-25H2,1-2H3. The van der Waals surface area contributed by atoms with E-state index in [4.69, 9.17) is 11.5 Å². The molecule has 0 saturated carbocycles. The predicted molar refractivity (Wildman–Crippen MR) is 119 cm³/mol. The molecule has 0 heterocycles. The van der Waals surface area contributed by atoms with E-state index >= 15 is 0 Å². The van der Waals surface area contributed by atoms with Gasteiger partial charge < -0.3 is 15.3 Å². The molecule has 0 aromatic carbocycles. The molecule has 28 heavy (non-hydrogen) atoms. The highest BCUT2D eigenvalue weighted by Gasteiger charge is 2.47. The molecule has 0 aromatic rings. The molecule has 0 bridgehead atoms. The van der Waals surface area contributed by atoms with Gasteiger partial charge in [-0.15, -0.1) is 0 Å². The van der Waals surface area contributed by atoms with Crippen LogP contribution in [-0.4, -0.2) is 32.9 Å². The van der Waals surface area contributed by atoms with Crippen LogP contribution < -0.4 is 11.5 Å². The van der Waals surface area contributed by atoms with Gasteiger partial charge in [0.2, 0.25) is 0 Å². The molecular formula is C23H50N2O3. The first-order valence-corrected chi connectivity index (χ1v) is 12.0. The second kappa shape index (κ2) is 16.6. The lowest BCUT2D eigenvalue weighted by Gasteiger charge is -2.40. The summed E-state index contributed by atoms with van der Waals surface area (Å²) in [5, 5.41) is 30.0. The van der Waals surface area contributed by atoms with Crippen LogP contribution in [0.25, 0.3) is 0 Å². The summed E-state index contributed by atoms with van der Waals surface area (Å²) >= 11 is 0. The van der Waals surface area contributed by atoms with Crippen molar-refractivity contribution in [3.05, 3.63) is 0 Å². The Kier molecular flexibility index (Phi) is 16.5. The minimum atomic E-state index is -2.17. The summed E-state index contributed by atoms with van der Waals surface area (Å²) in [5.74, 6) is 0. The molecule has 0 amide bonds. The topological polar surface area (TPSA) is 113 Å². The minimum Gasteiger partial charge on any atom is -0.389 e. The zero-order valence-corrected chi connectivity index (χ0v) is 18.8. The van der Waals surface area contributed by atoms with Crippen molar-refractivity contribution in [2.75, 3.05) is 0 Å². The highest BCUT2D eigenvalue weighted by molar-refractivity contribution is 4.95. The average Bonchev–Trinajstić information content (AvgIpc) is 2.67. The average molecular weight is 403 g/mol. The molecule has 0 spiro atoms. The van der Waals surface area contributed by atoms with Crippen LogP contribution in [-0.2, 0) is 0 Å². The van der Waals surface area contributed by atoms with Crippen LogP contribution in [0, 0.1) is 0 Å². The summed E-state index contributed by atoms with van der Waals surface area (Å²) in [4.78, 5) is 0. The Labute approximate surface area is 174 Å². The van der Waals surface area contributed by atoms with Crippen LogP contribution in [0.15, 0.2) is 0 Å². The molecule has 0 rings (SSSR count). The molecular weight excluding hydrogens is 352 g/mol. The number of hydrogen-bond donors (Lipinski definition) is 5. The fraction of sp³-hybridized carbons (Fsp3) is 1.00. The summed E-state index contributed by atoms with van der Waals surface area (Å²) in [6.07, 6.45) is 19.8. The van der Waals surface area contributed by atoms with E-state index in [0.717, 1.165) is 19.3 Å². The van der Waals surface area contributed by atoms with Gasteiger partial charge in [0.15, 0.2) is 11.4 Å². The maximum atomic E-state index is 10.1. The Morgan fingerprint density at radius 2 is 0.929 bits per heavy atom. The predicted octanol–water partition coefficient (Wildman–Crippen LogP) is 4.70. The normalized spacial score (nSPS) is 17.2. The highest BCUT2D eigenvalue weighted by Crippen LogP contribution is 2.23. The van der Waals surface area contributed by atoms with E-state index in [1.165, 1.54) is 83.5 Å². The maximum Gasteiger partial charge on any atom is 0.182 e. The summed E-state index contributed by atoms with van der Waals surface area (Å²) in [7, 11) is 0. The number of aliphatic hydroxyl groups is 3. The summed E-state index contributed by atoms with van der Waals surface area (Å²) in [6, 6.07) is 0. The van der Waals surface area contributed by atoms with E-state index in [-0.39, 0.29) is 6.42 Å². The van der Waals surface area contributed by atoms with Gasteiger partial charge in [-0.25, -0.2) is 0 Å². The first-order valence-electron chi connectivity index (χ1n) is 12.0. The Morgan fingerprint density at radius 3 is 1.25 bits per heavy atom. The smallest absolute Gasteiger partial charge is 0.182 e. The molecule has 5 nitrogen and oxygen atoms in total. The number of unbranched alkanes of at least 4 members (excludes halogenated alkanes) is 15. The third-order valence-electron chi connectivity index (χ3n) is 6.07. The van der Waals surface area contributed by atoms with Crippen LogP contribution in [0.5, 0.6) is 0 Å². The van der Waals surface area contributed by atoms with E-state index in [2.05, 4.69) is 6.92 Å². The SMILES string of the molecule is CCCCCCCCCCCCCCCCCCC(O)C(N)(O)C(N)(O)CC. The van der Waals surface area contributed by atoms with Gasteiger partial charge in [-0.05, 0) is 12.8 Å². The first kappa shape index (κ1) is 27.8. The number of aliphatic hydroxyl groups excluding tert-OH is 1. The van der Waals surface area contributed by atoms with Gasteiger partial charge in [0, 0.05) is 0 Å². The van der Waals surface area contributed by atoms with Crippen molar-refractivity contribution in [1.29, 1.82) is 0 Å². The van der Waals surface area contributed by atoms with Crippen molar-refractivity contribution in [2.24, 2.45) is 11.5 Å². The Hall–Kier alpha value is -0.200. The molecule has 0 saturated heterocycles.